The van der Waals surface area contributed by atoms with Gasteiger partial charge in [-0.1, -0.05) is 24.3 Å². The predicted octanol–water partition coefficient (Wildman–Crippen LogP) is 0.160. The van der Waals surface area contributed by atoms with Gasteiger partial charge in [0.1, 0.15) is 0 Å². The molecule has 19 heavy (non-hydrogen) atoms. The van der Waals surface area contributed by atoms with Gasteiger partial charge in [0.15, 0.2) is 5.25 Å². The van der Waals surface area contributed by atoms with E-state index in [-0.39, 0.29) is 13.2 Å². The number of benzene rings is 1. The zero-order valence-corrected chi connectivity index (χ0v) is 11.6. The lowest BCUT2D eigenvalue weighted by Gasteiger charge is -2.12. The highest BCUT2D eigenvalue weighted by Gasteiger charge is 2.28. The molecule has 1 atom stereocenters. The monoisotopic (exact) mass is 287 g/mol. The van der Waals surface area contributed by atoms with Gasteiger partial charge in [-0.2, -0.15) is 0 Å². The number of hydrogen-bond acceptors (Lipinski definition) is 5. The van der Waals surface area contributed by atoms with Crippen molar-refractivity contribution in [1.29, 1.82) is 0 Å². The van der Waals surface area contributed by atoms with Crippen molar-refractivity contribution in [2.75, 3.05) is 7.11 Å². The Bertz CT molecular complexity index is 541. The summed E-state index contributed by atoms with van der Waals surface area (Å²) in [6.07, 6.45) is 0. The third-order valence-corrected chi connectivity index (χ3v) is 4.32. The second kappa shape index (κ2) is 6.65. The maximum absolute atomic E-state index is 11.8. The minimum Gasteiger partial charge on any atom is -0.468 e. The summed E-state index contributed by atoms with van der Waals surface area (Å²) in [5.74, 6) is -0.809. The number of aliphatic hydroxyl groups is 1. The molecule has 0 aromatic heterocycles. The highest BCUT2D eigenvalue weighted by Crippen LogP contribution is 2.07. The van der Waals surface area contributed by atoms with E-state index in [1.54, 1.807) is 24.3 Å². The Balaban J connectivity index is 2.72. The smallest absolute Gasteiger partial charge is 0.325 e. The highest BCUT2D eigenvalue weighted by atomic mass is 32.2. The Kier molecular flexibility index (Phi) is 5.46. The second-order valence-electron chi connectivity index (χ2n) is 4.01. The van der Waals surface area contributed by atoms with Gasteiger partial charge in [0.05, 0.1) is 13.7 Å². The number of ether oxygens (including phenoxy) is 1. The molecule has 2 N–H and O–H groups in total. The molecule has 0 spiro atoms. The molecule has 1 rings (SSSR count). The predicted molar refractivity (Wildman–Crippen MR) is 69.6 cm³/mol. The molecule has 7 heteroatoms. The van der Waals surface area contributed by atoms with Gasteiger partial charge in [-0.15, -0.1) is 0 Å². The molecule has 0 amide bonds. The number of carbonyl (C=O) groups is 1. The first-order chi connectivity index (χ1) is 8.90. The number of esters is 1. The maximum Gasteiger partial charge on any atom is 0.325 e. The van der Waals surface area contributed by atoms with Crippen LogP contribution in [0, 0.1) is 0 Å². The molecular formula is C12H17NO5S. The van der Waals surface area contributed by atoms with Gasteiger partial charge in [-0.3, -0.25) is 4.79 Å². The van der Waals surface area contributed by atoms with Crippen LogP contribution >= 0.6 is 0 Å². The Labute approximate surface area is 112 Å². The summed E-state index contributed by atoms with van der Waals surface area (Å²) in [7, 11) is -2.64. The fourth-order valence-corrected chi connectivity index (χ4v) is 2.41. The lowest BCUT2D eigenvalue weighted by Crippen LogP contribution is -2.37. The minimum atomic E-state index is -3.78. The molecule has 6 nitrogen and oxygen atoms in total. The molecular weight excluding hydrogens is 270 g/mol. The molecule has 1 aromatic carbocycles. The van der Waals surface area contributed by atoms with Crippen molar-refractivity contribution < 1.29 is 23.1 Å². The van der Waals surface area contributed by atoms with Gasteiger partial charge in [-0.05, 0) is 18.1 Å². The van der Waals surface area contributed by atoms with E-state index >= 15 is 0 Å². The van der Waals surface area contributed by atoms with Crippen molar-refractivity contribution in [2.45, 2.75) is 25.3 Å². The third kappa shape index (κ3) is 4.30. The van der Waals surface area contributed by atoms with Gasteiger partial charge in [0.25, 0.3) is 0 Å². The molecule has 0 aliphatic carbocycles. The molecule has 0 heterocycles. The van der Waals surface area contributed by atoms with Crippen molar-refractivity contribution in [1.82, 2.24) is 4.72 Å². The first-order valence-corrected chi connectivity index (χ1v) is 7.20. The average Bonchev–Trinajstić information content (AvgIpc) is 2.43. The van der Waals surface area contributed by atoms with Crippen molar-refractivity contribution in [3.05, 3.63) is 35.4 Å². The van der Waals surface area contributed by atoms with Crippen LogP contribution in [0.3, 0.4) is 0 Å². The van der Waals surface area contributed by atoms with Gasteiger partial charge >= 0.3 is 5.97 Å². The van der Waals surface area contributed by atoms with Gasteiger partial charge in [0, 0.05) is 6.54 Å². The quantitative estimate of drug-likeness (QED) is 0.727. The van der Waals surface area contributed by atoms with Gasteiger partial charge in [0.2, 0.25) is 10.0 Å². The fraction of sp³-hybridized carbons (Fsp3) is 0.417. The number of carbonyl (C=O) groups excluding carboxylic acids is 1. The molecule has 1 aromatic rings. The number of rotatable bonds is 6. The topological polar surface area (TPSA) is 92.7 Å². The van der Waals surface area contributed by atoms with E-state index in [0.717, 1.165) is 7.11 Å². The summed E-state index contributed by atoms with van der Waals surface area (Å²) in [5.41, 5.74) is 1.39. The first kappa shape index (κ1) is 15.6. The van der Waals surface area contributed by atoms with Crippen LogP contribution in [-0.2, 0) is 32.7 Å². The first-order valence-electron chi connectivity index (χ1n) is 5.65. The number of sulfonamides is 1. The number of methoxy groups -OCH3 is 1. The van der Waals surface area contributed by atoms with Crippen LogP contribution in [0.2, 0.25) is 0 Å². The zero-order valence-electron chi connectivity index (χ0n) is 10.8. The minimum absolute atomic E-state index is 0.0531. The van der Waals surface area contributed by atoms with Crippen LogP contribution in [0.15, 0.2) is 24.3 Å². The molecule has 106 valence electrons. The zero-order chi connectivity index (χ0) is 14.5. The van der Waals surface area contributed by atoms with E-state index in [1.165, 1.54) is 6.92 Å². The molecule has 0 bridgehead atoms. The fourth-order valence-electron chi connectivity index (χ4n) is 1.44. The SMILES string of the molecule is COC(=O)C(C)S(=O)(=O)NCc1cccc(CO)c1. The summed E-state index contributed by atoms with van der Waals surface area (Å²) in [6.45, 7) is 1.20. The molecule has 0 fully saturated rings. The van der Waals surface area contributed by atoms with Crippen LogP contribution in [0.4, 0.5) is 0 Å². The third-order valence-electron chi connectivity index (χ3n) is 2.65. The molecule has 1 unspecified atom stereocenters. The lowest BCUT2D eigenvalue weighted by molar-refractivity contribution is -0.139. The maximum atomic E-state index is 11.8. The Morgan fingerprint density at radius 2 is 2.05 bits per heavy atom. The van der Waals surface area contributed by atoms with E-state index in [2.05, 4.69) is 9.46 Å². The summed E-state index contributed by atoms with van der Waals surface area (Å²) >= 11 is 0. The Morgan fingerprint density at radius 1 is 1.42 bits per heavy atom. The van der Waals surface area contributed by atoms with E-state index in [4.69, 9.17) is 5.11 Å². The van der Waals surface area contributed by atoms with Gasteiger partial charge < -0.3 is 9.84 Å². The molecule has 0 radical (unpaired) electrons. The largest absolute Gasteiger partial charge is 0.468 e. The second-order valence-corrected chi connectivity index (χ2v) is 6.10. The number of nitrogens with one attached hydrogen (secondary N) is 1. The standard InChI is InChI=1S/C12H17NO5S/c1-9(12(15)18-2)19(16,17)13-7-10-4-3-5-11(6-10)8-14/h3-6,9,13-14H,7-8H2,1-2H3. The summed E-state index contributed by atoms with van der Waals surface area (Å²) in [4.78, 5) is 11.2. The van der Waals surface area contributed by atoms with Crippen LogP contribution < -0.4 is 4.72 Å². The van der Waals surface area contributed by atoms with E-state index < -0.39 is 21.2 Å². The number of hydrogen-bond donors (Lipinski definition) is 2. The van der Waals surface area contributed by atoms with Crippen molar-refractivity contribution >= 4 is 16.0 Å². The molecule has 0 saturated heterocycles. The van der Waals surface area contributed by atoms with Crippen LogP contribution in [0.5, 0.6) is 0 Å². The van der Waals surface area contributed by atoms with Crippen LogP contribution in [0.1, 0.15) is 18.1 Å². The summed E-state index contributed by atoms with van der Waals surface area (Å²) in [6, 6.07) is 6.86. The van der Waals surface area contributed by atoms with Crippen LogP contribution in [0.25, 0.3) is 0 Å². The number of aliphatic hydroxyl groups excluding tert-OH is 1. The van der Waals surface area contributed by atoms with E-state index in [9.17, 15) is 13.2 Å². The van der Waals surface area contributed by atoms with Crippen molar-refractivity contribution in [3.63, 3.8) is 0 Å². The van der Waals surface area contributed by atoms with Gasteiger partial charge in [-0.25, -0.2) is 13.1 Å². The normalized spacial score (nSPS) is 13.0. The van der Waals surface area contributed by atoms with Crippen LogP contribution in [-0.4, -0.2) is 31.9 Å². The van der Waals surface area contributed by atoms with Crippen molar-refractivity contribution in [3.8, 4) is 0 Å². The molecule has 0 saturated carbocycles. The summed E-state index contributed by atoms with van der Waals surface area (Å²) < 4.78 is 30.3. The van der Waals surface area contributed by atoms with E-state index in [0.29, 0.717) is 11.1 Å². The Morgan fingerprint density at radius 3 is 2.63 bits per heavy atom. The Hall–Kier alpha value is -1.44. The highest BCUT2D eigenvalue weighted by molar-refractivity contribution is 7.90. The molecule has 0 aliphatic heterocycles. The van der Waals surface area contributed by atoms with Crippen molar-refractivity contribution in [2.24, 2.45) is 0 Å². The van der Waals surface area contributed by atoms with E-state index in [1.807, 2.05) is 0 Å². The summed E-state index contributed by atoms with van der Waals surface area (Å²) in [5, 5.41) is 7.72. The lowest BCUT2D eigenvalue weighted by atomic mass is 10.1. The average molecular weight is 287 g/mol. The molecule has 0 aliphatic rings.